The molecule has 1 aliphatic carbocycles. The largest absolute Gasteiger partial charge is 0.479 e. The zero-order valence-corrected chi connectivity index (χ0v) is 7.45. The Hall–Kier alpha value is -1.10. The first-order valence-corrected chi connectivity index (χ1v) is 4.24. The van der Waals surface area contributed by atoms with Crippen LogP contribution in [0.3, 0.4) is 0 Å². The molecule has 0 saturated heterocycles. The molecule has 1 rings (SSSR count). The van der Waals surface area contributed by atoms with E-state index in [0.717, 1.165) is 12.8 Å². The molecule has 1 fully saturated rings. The highest BCUT2D eigenvalue weighted by Gasteiger charge is 2.32. The summed E-state index contributed by atoms with van der Waals surface area (Å²) in [5.74, 6) is -0.953. The zero-order chi connectivity index (χ0) is 9.84. The summed E-state index contributed by atoms with van der Waals surface area (Å²) in [5, 5.41) is 8.21. The van der Waals surface area contributed by atoms with Gasteiger partial charge in [-0.05, 0) is 18.8 Å². The van der Waals surface area contributed by atoms with Gasteiger partial charge >= 0.3 is 5.97 Å². The van der Waals surface area contributed by atoms with Gasteiger partial charge in [-0.3, -0.25) is 9.63 Å². The predicted octanol–water partition coefficient (Wildman–Crippen LogP) is 0.165. The van der Waals surface area contributed by atoms with Gasteiger partial charge in [0.15, 0.2) is 6.61 Å². The summed E-state index contributed by atoms with van der Waals surface area (Å²) in [6.45, 7) is 1.32. The first-order chi connectivity index (χ1) is 6.11. The smallest absolute Gasteiger partial charge is 0.332 e. The van der Waals surface area contributed by atoms with E-state index in [-0.39, 0.29) is 11.8 Å². The minimum Gasteiger partial charge on any atom is -0.479 e. The van der Waals surface area contributed by atoms with Crippen molar-refractivity contribution in [1.29, 1.82) is 0 Å². The van der Waals surface area contributed by atoms with Crippen molar-refractivity contribution in [2.45, 2.75) is 19.8 Å². The average Bonchev–Trinajstić information content (AvgIpc) is 2.84. The average molecular weight is 187 g/mol. The van der Waals surface area contributed by atoms with Gasteiger partial charge in [0.1, 0.15) is 0 Å². The van der Waals surface area contributed by atoms with Gasteiger partial charge in [0, 0.05) is 5.92 Å². The second-order valence-electron chi connectivity index (χ2n) is 3.27. The number of rotatable bonds is 5. The molecule has 2 N–H and O–H groups in total. The minimum absolute atomic E-state index is 0.0752. The van der Waals surface area contributed by atoms with Crippen LogP contribution in [0.25, 0.3) is 0 Å². The molecule has 5 heteroatoms. The van der Waals surface area contributed by atoms with Crippen LogP contribution in [0.5, 0.6) is 0 Å². The van der Waals surface area contributed by atoms with Crippen LogP contribution in [0.2, 0.25) is 0 Å². The summed E-state index contributed by atoms with van der Waals surface area (Å²) in [5.41, 5.74) is 2.12. The van der Waals surface area contributed by atoms with Gasteiger partial charge in [0.2, 0.25) is 5.91 Å². The molecule has 0 heterocycles. The summed E-state index contributed by atoms with van der Waals surface area (Å²) in [7, 11) is 0. The van der Waals surface area contributed by atoms with E-state index in [9.17, 15) is 9.59 Å². The van der Waals surface area contributed by atoms with Crippen LogP contribution in [0, 0.1) is 11.8 Å². The number of carbonyl (C=O) groups excluding carboxylic acids is 1. The molecule has 0 aromatic heterocycles. The summed E-state index contributed by atoms with van der Waals surface area (Å²) in [4.78, 5) is 25.7. The molecule has 1 atom stereocenters. The highest BCUT2D eigenvalue weighted by molar-refractivity contribution is 5.78. The minimum atomic E-state index is -1.10. The third kappa shape index (κ3) is 3.42. The quantitative estimate of drug-likeness (QED) is 0.601. The third-order valence-corrected chi connectivity index (χ3v) is 2.11. The van der Waals surface area contributed by atoms with Crippen molar-refractivity contribution in [3.05, 3.63) is 0 Å². The highest BCUT2D eigenvalue weighted by atomic mass is 16.7. The molecule has 1 saturated carbocycles. The number of hydrogen-bond donors (Lipinski definition) is 2. The molecular weight excluding hydrogens is 174 g/mol. The number of carboxylic acids is 1. The van der Waals surface area contributed by atoms with Gasteiger partial charge in [-0.1, -0.05) is 6.92 Å². The zero-order valence-electron chi connectivity index (χ0n) is 7.45. The monoisotopic (exact) mass is 187 g/mol. The lowest BCUT2D eigenvalue weighted by Gasteiger charge is -2.09. The van der Waals surface area contributed by atoms with E-state index < -0.39 is 12.6 Å². The van der Waals surface area contributed by atoms with E-state index in [2.05, 4.69) is 10.3 Å². The van der Waals surface area contributed by atoms with Gasteiger partial charge in [0.25, 0.3) is 0 Å². The first-order valence-electron chi connectivity index (χ1n) is 4.24. The molecule has 1 unspecified atom stereocenters. The standard InChI is InChI=1S/C8H13NO4/c1-5(6-2-3-6)8(12)9-13-4-7(10)11/h5-6H,2-4H2,1H3,(H,9,12)(H,10,11). The number of nitrogens with one attached hydrogen (secondary N) is 1. The fourth-order valence-electron chi connectivity index (χ4n) is 1.07. The van der Waals surface area contributed by atoms with Gasteiger partial charge in [-0.2, -0.15) is 0 Å². The lowest BCUT2D eigenvalue weighted by molar-refractivity contribution is -0.150. The maximum Gasteiger partial charge on any atom is 0.332 e. The SMILES string of the molecule is CC(C(=O)NOCC(=O)O)C1CC1. The van der Waals surface area contributed by atoms with Gasteiger partial charge in [-0.15, -0.1) is 0 Å². The Morgan fingerprint density at radius 1 is 1.62 bits per heavy atom. The van der Waals surface area contributed by atoms with E-state index >= 15 is 0 Å². The maximum atomic E-state index is 11.2. The Bertz CT molecular complexity index is 212. The second kappa shape index (κ2) is 4.23. The third-order valence-electron chi connectivity index (χ3n) is 2.11. The molecule has 0 bridgehead atoms. The van der Waals surface area contributed by atoms with Crippen LogP contribution in [-0.4, -0.2) is 23.6 Å². The summed E-state index contributed by atoms with van der Waals surface area (Å²) >= 11 is 0. The summed E-state index contributed by atoms with van der Waals surface area (Å²) in [6, 6.07) is 0. The molecule has 0 radical (unpaired) electrons. The Labute approximate surface area is 76.0 Å². The van der Waals surface area contributed by atoms with E-state index in [0.29, 0.717) is 5.92 Å². The number of carbonyl (C=O) groups is 2. The van der Waals surface area contributed by atoms with Crippen molar-refractivity contribution in [1.82, 2.24) is 5.48 Å². The molecule has 74 valence electrons. The Kier molecular flexibility index (Phi) is 3.25. The summed E-state index contributed by atoms with van der Waals surface area (Å²) < 4.78 is 0. The van der Waals surface area contributed by atoms with Crippen molar-refractivity contribution in [2.75, 3.05) is 6.61 Å². The Morgan fingerprint density at radius 3 is 2.69 bits per heavy atom. The maximum absolute atomic E-state index is 11.2. The normalized spacial score (nSPS) is 17.9. The number of aliphatic carboxylic acids is 1. The van der Waals surface area contributed by atoms with Gasteiger partial charge in [0.05, 0.1) is 0 Å². The highest BCUT2D eigenvalue weighted by Crippen LogP contribution is 2.36. The number of hydroxylamine groups is 1. The number of carboxylic acid groups (broad SMARTS) is 1. The second-order valence-corrected chi connectivity index (χ2v) is 3.27. The predicted molar refractivity (Wildman–Crippen MR) is 43.6 cm³/mol. The van der Waals surface area contributed by atoms with E-state index in [4.69, 9.17) is 5.11 Å². The fourth-order valence-corrected chi connectivity index (χ4v) is 1.07. The number of amides is 1. The summed E-state index contributed by atoms with van der Waals surface area (Å²) in [6.07, 6.45) is 2.15. The van der Waals surface area contributed by atoms with Crippen LogP contribution in [0.4, 0.5) is 0 Å². The van der Waals surface area contributed by atoms with Crippen LogP contribution in [0.1, 0.15) is 19.8 Å². The molecule has 0 aromatic rings. The van der Waals surface area contributed by atoms with Crippen molar-refractivity contribution in [3.8, 4) is 0 Å². The van der Waals surface area contributed by atoms with Crippen molar-refractivity contribution in [2.24, 2.45) is 11.8 Å². The lowest BCUT2D eigenvalue weighted by atomic mass is 10.1. The van der Waals surface area contributed by atoms with Crippen LogP contribution in [0.15, 0.2) is 0 Å². The molecular formula is C8H13NO4. The molecule has 1 aliphatic rings. The van der Waals surface area contributed by atoms with Crippen LogP contribution >= 0.6 is 0 Å². The van der Waals surface area contributed by atoms with E-state index in [1.165, 1.54) is 0 Å². The van der Waals surface area contributed by atoms with Crippen molar-refractivity contribution in [3.63, 3.8) is 0 Å². The topological polar surface area (TPSA) is 75.6 Å². The molecule has 0 aromatic carbocycles. The molecule has 0 spiro atoms. The molecule has 0 aliphatic heterocycles. The van der Waals surface area contributed by atoms with Gasteiger partial charge < -0.3 is 5.11 Å². The Morgan fingerprint density at radius 2 is 2.23 bits per heavy atom. The van der Waals surface area contributed by atoms with Crippen molar-refractivity contribution < 1.29 is 19.5 Å². The number of hydrogen-bond acceptors (Lipinski definition) is 3. The van der Waals surface area contributed by atoms with E-state index in [1.807, 2.05) is 6.92 Å². The van der Waals surface area contributed by atoms with Crippen molar-refractivity contribution >= 4 is 11.9 Å². The first kappa shape index (κ1) is 9.98. The van der Waals surface area contributed by atoms with Gasteiger partial charge in [-0.25, -0.2) is 10.3 Å². The fraction of sp³-hybridized carbons (Fsp3) is 0.750. The molecule has 5 nitrogen and oxygen atoms in total. The molecule has 1 amide bonds. The van der Waals surface area contributed by atoms with E-state index in [1.54, 1.807) is 0 Å². The van der Waals surface area contributed by atoms with Crippen LogP contribution in [-0.2, 0) is 14.4 Å². The lowest BCUT2D eigenvalue weighted by Crippen LogP contribution is -2.32. The Balaban J connectivity index is 2.13. The molecule has 13 heavy (non-hydrogen) atoms. The van der Waals surface area contributed by atoms with Crippen LogP contribution < -0.4 is 5.48 Å².